The van der Waals surface area contributed by atoms with Crippen molar-refractivity contribution in [2.45, 2.75) is 36.8 Å². The largest absolute Gasteiger partial charge is 0.442 e. The van der Waals surface area contributed by atoms with E-state index >= 15 is 8.78 Å². The fraction of sp³-hybridized carbons (Fsp3) is 0.348. The zero-order valence-electron chi connectivity index (χ0n) is 19.4. The van der Waals surface area contributed by atoms with Crippen LogP contribution in [0, 0.1) is 0 Å². The van der Waals surface area contributed by atoms with Crippen molar-refractivity contribution in [3.63, 3.8) is 0 Å². The average Bonchev–Trinajstić information content (AvgIpc) is 3.45. The maximum atomic E-state index is 15.4. The number of nitrogens with zero attached hydrogens (tertiary/aromatic N) is 9. The lowest BCUT2D eigenvalue weighted by Crippen LogP contribution is -2.32. The molecule has 0 unspecified atom stereocenters. The summed E-state index contributed by atoms with van der Waals surface area (Å²) in [6.07, 6.45) is -3.74. The van der Waals surface area contributed by atoms with Crippen molar-refractivity contribution in [2.75, 3.05) is 18.0 Å². The van der Waals surface area contributed by atoms with E-state index in [0.29, 0.717) is 13.0 Å². The van der Waals surface area contributed by atoms with Gasteiger partial charge in [-0.2, -0.15) is 26.7 Å². The zero-order chi connectivity index (χ0) is 26.7. The van der Waals surface area contributed by atoms with Crippen molar-refractivity contribution in [1.29, 1.82) is 0 Å². The summed E-state index contributed by atoms with van der Waals surface area (Å²) in [5.74, 6) is -4.34. The van der Waals surface area contributed by atoms with Crippen LogP contribution in [0.4, 0.5) is 27.8 Å². The number of halogens is 5. The van der Waals surface area contributed by atoms with E-state index in [-0.39, 0.29) is 46.9 Å². The van der Waals surface area contributed by atoms with Gasteiger partial charge in [-0.1, -0.05) is 36.4 Å². The number of fused-ring (bicyclic) bond motifs is 1. The minimum atomic E-state index is -4.76. The van der Waals surface area contributed by atoms with Crippen LogP contribution in [0.3, 0.4) is 0 Å². The Kier molecular flexibility index (Phi) is 5.38. The summed E-state index contributed by atoms with van der Waals surface area (Å²) >= 11 is 0. The molecule has 15 heteroatoms. The van der Waals surface area contributed by atoms with Gasteiger partial charge in [0.05, 0.1) is 11.8 Å². The molecule has 1 N–H and O–H groups in total. The summed E-state index contributed by atoms with van der Waals surface area (Å²) < 4.78 is 71.8. The summed E-state index contributed by atoms with van der Waals surface area (Å²) in [5.41, 5.74) is -3.46. The number of rotatable bonds is 6. The first-order valence-electron chi connectivity index (χ1n) is 11.5. The molecule has 10 nitrogen and oxygen atoms in total. The van der Waals surface area contributed by atoms with Crippen LogP contribution in [0.25, 0.3) is 11.2 Å². The Morgan fingerprint density at radius 3 is 2.39 bits per heavy atom. The quantitative estimate of drug-likeness (QED) is 0.378. The minimum Gasteiger partial charge on any atom is -0.391 e. The Labute approximate surface area is 210 Å². The van der Waals surface area contributed by atoms with Gasteiger partial charge in [-0.3, -0.25) is 4.98 Å². The van der Waals surface area contributed by atoms with Gasteiger partial charge in [0.15, 0.2) is 11.3 Å². The van der Waals surface area contributed by atoms with Crippen molar-refractivity contribution in [1.82, 2.24) is 29.9 Å². The van der Waals surface area contributed by atoms with Gasteiger partial charge in [0.2, 0.25) is 11.5 Å². The predicted molar refractivity (Wildman–Crippen MR) is 121 cm³/mol. The minimum absolute atomic E-state index is 0.0450. The van der Waals surface area contributed by atoms with Gasteiger partial charge in [0, 0.05) is 30.4 Å². The molecule has 1 aromatic carbocycles. The van der Waals surface area contributed by atoms with Crippen LogP contribution >= 0.6 is 0 Å². The van der Waals surface area contributed by atoms with E-state index in [1.807, 2.05) is 0 Å². The lowest BCUT2D eigenvalue weighted by molar-refractivity contribution is -0.166. The number of pyridine rings is 1. The summed E-state index contributed by atoms with van der Waals surface area (Å²) in [6.45, 7) is 0.136. The van der Waals surface area contributed by atoms with Crippen molar-refractivity contribution in [3.05, 3.63) is 71.3 Å². The van der Waals surface area contributed by atoms with Crippen LogP contribution in [0.15, 0.2) is 58.9 Å². The third kappa shape index (κ3) is 3.93. The van der Waals surface area contributed by atoms with Crippen LogP contribution < -0.4 is 4.90 Å². The molecule has 0 amide bonds. The predicted octanol–water partition coefficient (Wildman–Crippen LogP) is 3.56. The molecule has 0 radical (unpaired) electrons. The van der Waals surface area contributed by atoms with E-state index in [1.165, 1.54) is 42.6 Å². The molecule has 38 heavy (non-hydrogen) atoms. The van der Waals surface area contributed by atoms with Crippen LogP contribution in [-0.2, 0) is 18.1 Å². The van der Waals surface area contributed by atoms with Gasteiger partial charge in [0.25, 0.3) is 0 Å². The molecule has 0 bridgehead atoms. The third-order valence-corrected chi connectivity index (χ3v) is 6.41. The summed E-state index contributed by atoms with van der Waals surface area (Å²) in [7, 11) is 0. The maximum Gasteiger partial charge on any atom is 0.442 e. The lowest BCUT2D eigenvalue weighted by Gasteiger charge is -2.20. The number of aromatic nitrogens is 6. The Bertz CT molecular complexity index is 1530. The highest BCUT2D eigenvalue weighted by atomic mass is 19.4. The molecular formula is C23H18F5N9O. The van der Waals surface area contributed by atoms with Gasteiger partial charge < -0.3 is 10.0 Å². The molecule has 0 aliphatic carbocycles. The van der Waals surface area contributed by atoms with Gasteiger partial charge >= 0.3 is 17.8 Å². The molecular weight excluding hydrogens is 513 g/mol. The highest BCUT2D eigenvalue weighted by molar-refractivity contribution is 5.82. The molecule has 1 fully saturated rings. The highest BCUT2D eigenvalue weighted by Crippen LogP contribution is 2.53. The number of β-amino-alcohol motifs (C(OH)–C–C–N with tert-alkyl or cyclic N) is 1. The van der Waals surface area contributed by atoms with E-state index < -0.39 is 29.7 Å². The van der Waals surface area contributed by atoms with Crippen molar-refractivity contribution in [3.8, 4) is 0 Å². The first-order chi connectivity index (χ1) is 18.1. The number of aliphatic hydroxyl groups is 1. The molecule has 1 saturated heterocycles. The van der Waals surface area contributed by atoms with E-state index in [0.717, 1.165) is 4.80 Å². The molecule has 196 valence electrons. The molecule has 4 aromatic rings. The second-order valence-electron chi connectivity index (χ2n) is 8.97. The SMILES string of the molecule is O[C@H]1CCN(c2nc(C(F)(F)c3ccccc3)nc3nn(Cc4ncccc4C4(C(F)(F)F)N=N4)nc23)C1. The van der Waals surface area contributed by atoms with Gasteiger partial charge in [-0.15, -0.1) is 20.4 Å². The molecule has 5 heterocycles. The van der Waals surface area contributed by atoms with E-state index in [1.54, 1.807) is 11.0 Å². The molecule has 3 aromatic heterocycles. The first kappa shape index (κ1) is 24.2. The zero-order valence-corrected chi connectivity index (χ0v) is 19.4. The van der Waals surface area contributed by atoms with Crippen LogP contribution in [0.1, 0.15) is 29.1 Å². The van der Waals surface area contributed by atoms with Crippen LogP contribution in [0.5, 0.6) is 0 Å². The molecule has 6 rings (SSSR count). The molecule has 2 aliphatic heterocycles. The Hall–Kier alpha value is -4.14. The smallest absolute Gasteiger partial charge is 0.391 e. The fourth-order valence-corrected chi connectivity index (χ4v) is 4.42. The standard InChI is InChI=1S/C23H18F5N9O/c24-21(25,13-5-2-1-3-6-13)20-30-18-17(19(31-20)36-10-8-14(38)11-36)32-37(33-18)12-16-15(7-4-9-29-16)22(34-35-22)23(26,27)28/h1-7,9,14,38H,8,10-12H2/t14-/m0/s1. The monoisotopic (exact) mass is 531 g/mol. The van der Waals surface area contributed by atoms with Crippen LogP contribution in [0.2, 0.25) is 0 Å². The molecule has 2 aliphatic rings. The fourth-order valence-electron chi connectivity index (χ4n) is 4.42. The average molecular weight is 531 g/mol. The van der Waals surface area contributed by atoms with Crippen molar-refractivity contribution in [2.24, 2.45) is 10.2 Å². The maximum absolute atomic E-state index is 15.4. The van der Waals surface area contributed by atoms with E-state index in [4.69, 9.17) is 0 Å². The topological polar surface area (TPSA) is 118 Å². The first-order valence-corrected chi connectivity index (χ1v) is 11.5. The molecule has 0 spiro atoms. The number of anilines is 1. The van der Waals surface area contributed by atoms with Gasteiger partial charge in [-0.05, 0) is 12.5 Å². The summed E-state index contributed by atoms with van der Waals surface area (Å²) in [6, 6.07) is 9.58. The third-order valence-electron chi connectivity index (χ3n) is 6.41. The normalized spacial score (nSPS) is 18.9. The lowest BCUT2D eigenvalue weighted by atomic mass is 10.0. The molecule has 1 atom stereocenters. The Morgan fingerprint density at radius 2 is 1.74 bits per heavy atom. The highest BCUT2D eigenvalue weighted by Gasteiger charge is 2.66. The number of hydrogen-bond donors (Lipinski definition) is 1. The summed E-state index contributed by atoms with van der Waals surface area (Å²) in [4.78, 5) is 14.8. The van der Waals surface area contributed by atoms with Crippen molar-refractivity contribution >= 4 is 17.0 Å². The summed E-state index contributed by atoms with van der Waals surface area (Å²) in [5, 5.41) is 25.0. The Balaban J connectivity index is 1.44. The number of hydrogen-bond acceptors (Lipinski definition) is 9. The van der Waals surface area contributed by atoms with E-state index in [9.17, 15) is 18.3 Å². The second kappa shape index (κ2) is 8.44. The Morgan fingerprint density at radius 1 is 0.974 bits per heavy atom. The number of benzene rings is 1. The van der Waals surface area contributed by atoms with Crippen molar-refractivity contribution < 1.29 is 27.1 Å². The van der Waals surface area contributed by atoms with Gasteiger partial charge in [0.1, 0.15) is 6.54 Å². The second-order valence-corrected chi connectivity index (χ2v) is 8.97. The number of aliphatic hydroxyl groups excluding tert-OH is 1. The van der Waals surface area contributed by atoms with E-state index in [2.05, 4.69) is 35.4 Å². The van der Waals surface area contributed by atoms with Gasteiger partial charge in [-0.25, -0.2) is 9.97 Å². The number of alkyl halides is 5. The van der Waals surface area contributed by atoms with Crippen LogP contribution in [-0.4, -0.2) is 60.4 Å². The molecule has 0 saturated carbocycles.